The van der Waals surface area contributed by atoms with E-state index < -0.39 is 16.0 Å². The van der Waals surface area contributed by atoms with Gasteiger partial charge in [0.1, 0.15) is 5.82 Å². The molecule has 0 aliphatic heterocycles. The number of aromatic nitrogens is 4. The van der Waals surface area contributed by atoms with E-state index >= 15 is 0 Å². The van der Waals surface area contributed by atoms with Gasteiger partial charge in [-0.15, -0.1) is 0 Å². The van der Waals surface area contributed by atoms with Gasteiger partial charge < -0.3 is 9.67 Å². The van der Waals surface area contributed by atoms with Crippen molar-refractivity contribution in [3.8, 4) is 0 Å². The Hall–Kier alpha value is -2.33. The second-order valence-corrected chi connectivity index (χ2v) is 6.18. The van der Waals surface area contributed by atoms with Crippen LogP contribution in [0.2, 0.25) is 0 Å². The van der Waals surface area contributed by atoms with Gasteiger partial charge in [-0.25, -0.2) is 32.9 Å². The molecule has 0 saturated carbocycles. The molecule has 0 atom stereocenters. The molecule has 0 aliphatic rings. The predicted octanol–water partition coefficient (Wildman–Crippen LogP) is 0.260. The van der Waals surface area contributed by atoms with Gasteiger partial charge in [0.25, 0.3) is 10.0 Å². The number of nitrogens with zero attached hydrogens (tertiary/aromatic N) is 4. The van der Waals surface area contributed by atoms with Gasteiger partial charge in [-0.3, -0.25) is 0 Å². The van der Waals surface area contributed by atoms with Crippen molar-refractivity contribution < 1.29 is 18.3 Å². The Bertz CT molecular complexity index is 754. The summed E-state index contributed by atoms with van der Waals surface area (Å²) < 4.78 is 28.1. The zero-order valence-electron chi connectivity index (χ0n) is 11.8. The lowest BCUT2D eigenvalue weighted by molar-refractivity contribution is 0.0696. The zero-order valence-corrected chi connectivity index (χ0v) is 12.6. The summed E-state index contributed by atoms with van der Waals surface area (Å²) in [6.45, 7) is 2.51. The lowest BCUT2D eigenvalue weighted by atomic mass is 10.3. The molecule has 0 radical (unpaired) electrons. The predicted molar refractivity (Wildman–Crippen MR) is 75.5 cm³/mol. The van der Waals surface area contributed by atoms with Gasteiger partial charge in [0.05, 0.1) is 18.4 Å². The Morgan fingerprint density at radius 3 is 2.59 bits per heavy atom. The highest BCUT2D eigenvalue weighted by molar-refractivity contribution is 7.89. The first-order chi connectivity index (χ1) is 10.4. The first-order valence-electron chi connectivity index (χ1n) is 6.48. The summed E-state index contributed by atoms with van der Waals surface area (Å²) in [5, 5.41) is 8.65. The molecule has 0 bridgehead atoms. The molecule has 0 aromatic carbocycles. The van der Waals surface area contributed by atoms with E-state index in [1.54, 1.807) is 4.57 Å². The molecule has 118 valence electrons. The van der Waals surface area contributed by atoms with Crippen LogP contribution in [0.5, 0.6) is 0 Å². The van der Waals surface area contributed by atoms with Gasteiger partial charge in [-0.2, -0.15) is 0 Å². The lowest BCUT2D eigenvalue weighted by Gasteiger charge is -2.03. The summed E-state index contributed by atoms with van der Waals surface area (Å²) >= 11 is 0. The van der Waals surface area contributed by atoms with Gasteiger partial charge in [-0.05, 0) is 6.42 Å². The third-order valence-corrected chi connectivity index (χ3v) is 4.03. The van der Waals surface area contributed by atoms with Crippen LogP contribution in [0.25, 0.3) is 0 Å². The van der Waals surface area contributed by atoms with E-state index in [4.69, 9.17) is 5.11 Å². The van der Waals surface area contributed by atoms with Crippen LogP contribution in [-0.4, -0.2) is 39.0 Å². The van der Waals surface area contributed by atoms with Crippen molar-refractivity contribution in [2.45, 2.75) is 31.5 Å². The molecule has 10 heteroatoms. The Labute approximate surface area is 127 Å². The number of aryl methyl sites for hydroxylation is 1. The average molecular weight is 325 g/mol. The number of carboxylic acid groups (broad SMARTS) is 1. The molecule has 9 nitrogen and oxygen atoms in total. The van der Waals surface area contributed by atoms with Crippen LogP contribution in [0.1, 0.15) is 29.5 Å². The SMILES string of the molecule is CCCn1cnc(S(=O)(=O)NCc2ncc(C(=O)O)cn2)c1. The number of hydrogen-bond acceptors (Lipinski definition) is 6. The molecule has 0 amide bonds. The molecule has 0 saturated heterocycles. The minimum atomic E-state index is -3.76. The number of carboxylic acids is 1. The van der Waals surface area contributed by atoms with Crippen molar-refractivity contribution in [3.05, 3.63) is 36.3 Å². The van der Waals surface area contributed by atoms with E-state index in [9.17, 15) is 13.2 Å². The highest BCUT2D eigenvalue weighted by Crippen LogP contribution is 2.06. The van der Waals surface area contributed by atoms with Crippen molar-refractivity contribution in [3.63, 3.8) is 0 Å². The summed E-state index contributed by atoms with van der Waals surface area (Å²) in [7, 11) is -3.76. The molecule has 2 heterocycles. The molecule has 2 rings (SSSR count). The van der Waals surface area contributed by atoms with Crippen LogP contribution in [-0.2, 0) is 23.1 Å². The van der Waals surface area contributed by atoms with Crippen LogP contribution >= 0.6 is 0 Å². The second kappa shape index (κ2) is 6.62. The average Bonchev–Trinajstić information content (AvgIpc) is 2.96. The van der Waals surface area contributed by atoms with Crippen molar-refractivity contribution in [1.82, 2.24) is 24.2 Å². The van der Waals surface area contributed by atoms with Crippen LogP contribution in [0.15, 0.2) is 29.9 Å². The largest absolute Gasteiger partial charge is 0.478 e. The van der Waals surface area contributed by atoms with E-state index in [-0.39, 0.29) is 23.0 Å². The molecule has 0 fully saturated rings. The van der Waals surface area contributed by atoms with Crippen LogP contribution < -0.4 is 4.72 Å². The number of sulfonamides is 1. The zero-order chi connectivity index (χ0) is 16.2. The summed E-state index contributed by atoms with van der Waals surface area (Å²) in [6.07, 6.45) is 6.01. The third kappa shape index (κ3) is 3.86. The van der Waals surface area contributed by atoms with Gasteiger partial charge in [0.15, 0.2) is 5.03 Å². The van der Waals surface area contributed by atoms with E-state index in [1.807, 2.05) is 6.92 Å². The van der Waals surface area contributed by atoms with Crippen molar-refractivity contribution in [1.29, 1.82) is 0 Å². The lowest BCUT2D eigenvalue weighted by Crippen LogP contribution is -2.24. The minimum Gasteiger partial charge on any atom is -0.478 e. The Kier molecular flexibility index (Phi) is 4.83. The number of hydrogen-bond donors (Lipinski definition) is 2. The fourth-order valence-electron chi connectivity index (χ4n) is 1.65. The number of nitrogens with one attached hydrogen (secondary N) is 1. The second-order valence-electron chi connectivity index (χ2n) is 4.47. The van der Waals surface area contributed by atoms with E-state index in [0.717, 1.165) is 18.8 Å². The van der Waals surface area contributed by atoms with E-state index in [1.165, 1.54) is 12.5 Å². The summed E-state index contributed by atoms with van der Waals surface area (Å²) in [5.74, 6) is -0.977. The summed E-state index contributed by atoms with van der Waals surface area (Å²) in [4.78, 5) is 22.1. The Morgan fingerprint density at radius 1 is 1.32 bits per heavy atom. The van der Waals surface area contributed by atoms with Gasteiger partial charge in [0, 0.05) is 25.1 Å². The van der Waals surface area contributed by atoms with Crippen molar-refractivity contribution in [2.75, 3.05) is 0 Å². The van der Waals surface area contributed by atoms with Crippen molar-refractivity contribution in [2.24, 2.45) is 0 Å². The van der Waals surface area contributed by atoms with Crippen LogP contribution in [0.3, 0.4) is 0 Å². The van der Waals surface area contributed by atoms with E-state index in [2.05, 4.69) is 19.7 Å². The van der Waals surface area contributed by atoms with Crippen LogP contribution in [0.4, 0.5) is 0 Å². The van der Waals surface area contributed by atoms with E-state index in [0.29, 0.717) is 6.54 Å². The maximum atomic E-state index is 12.1. The molecule has 2 aromatic rings. The molecule has 0 unspecified atom stereocenters. The Morgan fingerprint density at radius 2 is 2.00 bits per heavy atom. The highest BCUT2D eigenvalue weighted by Gasteiger charge is 2.17. The number of aromatic carboxylic acids is 1. The molecule has 2 aromatic heterocycles. The highest BCUT2D eigenvalue weighted by atomic mass is 32.2. The van der Waals surface area contributed by atoms with Gasteiger partial charge in [0.2, 0.25) is 0 Å². The topological polar surface area (TPSA) is 127 Å². The maximum absolute atomic E-state index is 12.1. The third-order valence-electron chi connectivity index (χ3n) is 2.74. The fourth-order valence-corrected chi connectivity index (χ4v) is 2.58. The minimum absolute atomic E-state index is 0.0649. The monoisotopic (exact) mass is 325 g/mol. The van der Waals surface area contributed by atoms with Crippen molar-refractivity contribution >= 4 is 16.0 Å². The number of rotatable bonds is 7. The molecule has 2 N–H and O–H groups in total. The molecular weight excluding hydrogens is 310 g/mol. The van der Waals surface area contributed by atoms with Crippen LogP contribution in [0, 0.1) is 0 Å². The molecule has 22 heavy (non-hydrogen) atoms. The number of imidazole rings is 1. The molecule has 0 spiro atoms. The normalized spacial score (nSPS) is 11.5. The standard InChI is InChI=1S/C12H15N5O4S/c1-2-3-17-7-11(15-8-17)22(20,21)16-6-10-13-4-9(5-14-10)12(18)19/h4-5,7-8,16H,2-3,6H2,1H3,(H,18,19). The van der Waals surface area contributed by atoms with Gasteiger partial charge in [-0.1, -0.05) is 6.92 Å². The smallest absolute Gasteiger partial charge is 0.338 e. The first kappa shape index (κ1) is 16.0. The van der Waals surface area contributed by atoms with Gasteiger partial charge >= 0.3 is 5.97 Å². The molecule has 0 aliphatic carbocycles. The molecular formula is C12H15N5O4S. The summed E-state index contributed by atoms with van der Waals surface area (Å²) in [5.41, 5.74) is -0.0649. The maximum Gasteiger partial charge on any atom is 0.338 e. The quantitative estimate of drug-likeness (QED) is 0.747. The summed E-state index contributed by atoms with van der Waals surface area (Å²) in [6, 6.07) is 0. The first-order valence-corrected chi connectivity index (χ1v) is 7.96. The number of carbonyl (C=O) groups is 1. The Balaban J connectivity index is 2.03. The fraction of sp³-hybridized carbons (Fsp3) is 0.333.